The monoisotopic (exact) mass is 289 g/mol. The third-order valence-corrected chi connectivity index (χ3v) is 3.13. The molecule has 0 saturated heterocycles. The predicted octanol–water partition coefficient (Wildman–Crippen LogP) is 3.01. The first-order valence-corrected chi connectivity index (χ1v) is 7.03. The number of aromatic nitrogens is 2. The highest BCUT2D eigenvalue weighted by Gasteiger charge is 2.21. The fourth-order valence-electron chi connectivity index (χ4n) is 1.95. The molecule has 5 heteroatoms. The van der Waals surface area contributed by atoms with Crippen molar-refractivity contribution in [2.24, 2.45) is 0 Å². The maximum atomic E-state index is 5.71. The Morgan fingerprint density at radius 1 is 1.10 bits per heavy atom. The number of hydrogen-bond acceptors (Lipinski definition) is 5. The van der Waals surface area contributed by atoms with Crippen LogP contribution in [0.4, 0.5) is 0 Å². The lowest BCUT2D eigenvalue weighted by Gasteiger charge is -2.15. The standard InChI is InChI=1S/C16H23N3O2/c1-16(2,3)15-18-17-14(21-15)11-19(4)10-12-6-8-13(20-5)9-7-12/h6-9H,10-11H2,1-5H3. The van der Waals surface area contributed by atoms with Crippen molar-refractivity contribution >= 4 is 0 Å². The van der Waals surface area contributed by atoms with Crippen LogP contribution < -0.4 is 4.74 Å². The van der Waals surface area contributed by atoms with Crippen molar-refractivity contribution in [1.29, 1.82) is 0 Å². The molecule has 114 valence electrons. The molecule has 0 bridgehead atoms. The van der Waals surface area contributed by atoms with E-state index < -0.39 is 0 Å². The van der Waals surface area contributed by atoms with Crippen LogP contribution in [0.15, 0.2) is 28.7 Å². The molecule has 0 unspecified atom stereocenters. The lowest BCUT2D eigenvalue weighted by Crippen LogP contribution is -2.17. The van der Waals surface area contributed by atoms with Crippen molar-refractivity contribution in [3.05, 3.63) is 41.6 Å². The molecule has 1 heterocycles. The number of nitrogens with zero attached hydrogens (tertiary/aromatic N) is 3. The van der Waals surface area contributed by atoms with Crippen LogP contribution in [0.5, 0.6) is 5.75 Å². The van der Waals surface area contributed by atoms with Gasteiger partial charge in [-0.3, -0.25) is 4.90 Å². The quantitative estimate of drug-likeness (QED) is 0.847. The Morgan fingerprint density at radius 3 is 2.29 bits per heavy atom. The smallest absolute Gasteiger partial charge is 0.230 e. The zero-order valence-electron chi connectivity index (χ0n) is 13.4. The van der Waals surface area contributed by atoms with Crippen molar-refractivity contribution in [2.75, 3.05) is 14.2 Å². The van der Waals surface area contributed by atoms with E-state index in [1.54, 1.807) is 7.11 Å². The Balaban J connectivity index is 1.94. The van der Waals surface area contributed by atoms with Crippen LogP contribution in [-0.4, -0.2) is 29.3 Å². The summed E-state index contributed by atoms with van der Waals surface area (Å²) in [6.07, 6.45) is 0. The van der Waals surface area contributed by atoms with Gasteiger partial charge in [-0.15, -0.1) is 10.2 Å². The van der Waals surface area contributed by atoms with Gasteiger partial charge in [-0.2, -0.15) is 0 Å². The minimum absolute atomic E-state index is 0.111. The van der Waals surface area contributed by atoms with Gasteiger partial charge in [0.2, 0.25) is 11.8 Å². The number of methoxy groups -OCH3 is 1. The minimum Gasteiger partial charge on any atom is -0.497 e. The predicted molar refractivity (Wildman–Crippen MR) is 81.2 cm³/mol. The summed E-state index contributed by atoms with van der Waals surface area (Å²) in [7, 11) is 3.70. The SMILES string of the molecule is COc1ccc(CN(C)Cc2nnc(C(C)(C)C)o2)cc1. The van der Waals surface area contributed by atoms with E-state index in [0.717, 1.165) is 12.3 Å². The summed E-state index contributed by atoms with van der Waals surface area (Å²) in [5.74, 6) is 2.19. The third kappa shape index (κ3) is 4.29. The van der Waals surface area contributed by atoms with E-state index >= 15 is 0 Å². The van der Waals surface area contributed by atoms with Crippen LogP contribution >= 0.6 is 0 Å². The summed E-state index contributed by atoms with van der Waals surface area (Å²) in [4.78, 5) is 2.14. The summed E-state index contributed by atoms with van der Waals surface area (Å²) in [5, 5.41) is 8.22. The minimum atomic E-state index is -0.111. The van der Waals surface area contributed by atoms with E-state index in [9.17, 15) is 0 Å². The fraction of sp³-hybridized carbons (Fsp3) is 0.500. The molecule has 0 aliphatic carbocycles. The topological polar surface area (TPSA) is 51.4 Å². The number of benzene rings is 1. The second kappa shape index (κ2) is 6.26. The van der Waals surface area contributed by atoms with E-state index in [0.29, 0.717) is 18.3 Å². The zero-order chi connectivity index (χ0) is 15.5. The molecule has 0 atom stereocenters. The molecule has 0 aliphatic heterocycles. The summed E-state index contributed by atoms with van der Waals surface area (Å²) >= 11 is 0. The second-order valence-electron chi connectivity index (χ2n) is 6.27. The highest BCUT2D eigenvalue weighted by Crippen LogP contribution is 2.21. The third-order valence-electron chi connectivity index (χ3n) is 3.13. The first-order chi connectivity index (χ1) is 9.88. The molecule has 0 amide bonds. The van der Waals surface area contributed by atoms with E-state index in [2.05, 4.69) is 48.0 Å². The van der Waals surface area contributed by atoms with Crippen LogP contribution in [0.25, 0.3) is 0 Å². The van der Waals surface area contributed by atoms with Crippen LogP contribution in [-0.2, 0) is 18.5 Å². The maximum Gasteiger partial charge on any atom is 0.230 e. The molecule has 0 fully saturated rings. The normalized spacial score (nSPS) is 11.9. The Labute approximate surface area is 125 Å². The van der Waals surface area contributed by atoms with E-state index in [1.165, 1.54) is 5.56 Å². The average Bonchev–Trinajstić information content (AvgIpc) is 2.88. The fourth-order valence-corrected chi connectivity index (χ4v) is 1.95. The zero-order valence-corrected chi connectivity index (χ0v) is 13.4. The maximum absolute atomic E-state index is 5.71. The van der Waals surface area contributed by atoms with Gasteiger partial charge in [-0.05, 0) is 24.7 Å². The molecule has 1 aromatic carbocycles. The van der Waals surface area contributed by atoms with Gasteiger partial charge < -0.3 is 9.15 Å². The molecular formula is C16H23N3O2. The van der Waals surface area contributed by atoms with Gasteiger partial charge in [-0.25, -0.2) is 0 Å². The van der Waals surface area contributed by atoms with Gasteiger partial charge in [-0.1, -0.05) is 32.9 Å². The van der Waals surface area contributed by atoms with Gasteiger partial charge in [0.25, 0.3) is 0 Å². The van der Waals surface area contributed by atoms with E-state index in [4.69, 9.17) is 9.15 Å². The van der Waals surface area contributed by atoms with Crippen LogP contribution in [0.1, 0.15) is 38.1 Å². The molecule has 0 aliphatic rings. The lowest BCUT2D eigenvalue weighted by atomic mass is 9.97. The van der Waals surface area contributed by atoms with Gasteiger partial charge in [0, 0.05) is 12.0 Å². The first kappa shape index (κ1) is 15.5. The molecule has 0 N–H and O–H groups in total. The lowest BCUT2D eigenvalue weighted by molar-refractivity contribution is 0.269. The van der Waals surface area contributed by atoms with Gasteiger partial charge in [0.1, 0.15) is 5.75 Å². The second-order valence-corrected chi connectivity index (χ2v) is 6.27. The van der Waals surface area contributed by atoms with E-state index in [-0.39, 0.29) is 5.41 Å². The van der Waals surface area contributed by atoms with Gasteiger partial charge in [0.15, 0.2) is 0 Å². The Hall–Kier alpha value is -1.88. The largest absolute Gasteiger partial charge is 0.497 e. The molecule has 0 spiro atoms. The molecule has 0 saturated carbocycles. The number of rotatable bonds is 5. The summed E-state index contributed by atoms with van der Waals surface area (Å²) in [6, 6.07) is 8.05. The molecule has 5 nitrogen and oxygen atoms in total. The number of hydrogen-bond donors (Lipinski definition) is 0. The van der Waals surface area contributed by atoms with Gasteiger partial charge >= 0.3 is 0 Å². The molecule has 1 aromatic heterocycles. The Morgan fingerprint density at radius 2 is 1.76 bits per heavy atom. The first-order valence-electron chi connectivity index (χ1n) is 7.03. The molecule has 2 rings (SSSR count). The molecule has 0 radical (unpaired) electrons. The van der Waals surface area contributed by atoms with Gasteiger partial charge in [0.05, 0.1) is 13.7 Å². The van der Waals surface area contributed by atoms with Crippen LogP contribution in [0, 0.1) is 0 Å². The Kier molecular flexibility index (Phi) is 4.63. The molecule has 21 heavy (non-hydrogen) atoms. The van der Waals surface area contributed by atoms with Crippen molar-refractivity contribution in [2.45, 2.75) is 39.3 Å². The van der Waals surface area contributed by atoms with Crippen LogP contribution in [0.2, 0.25) is 0 Å². The summed E-state index contributed by atoms with van der Waals surface area (Å²) in [6.45, 7) is 7.63. The highest BCUT2D eigenvalue weighted by molar-refractivity contribution is 5.27. The summed E-state index contributed by atoms with van der Waals surface area (Å²) in [5.41, 5.74) is 1.11. The van der Waals surface area contributed by atoms with Crippen molar-refractivity contribution in [3.8, 4) is 5.75 Å². The van der Waals surface area contributed by atoms with Crippen molar-refractivity contribution < 1.29 is 9.15 Å². The molecular weight excluding hydrogens is 266 g/mol. The van der Waals surface area contributed by atoms with Crippen molar-refractivity contribution in [3.63, 3.8) is 0 Å². The average molecular weight is 289 g/mol. The molecule has 2 aromatic rings. The summed E-state index contributed by atoms with van der Waals surface area (Å²) < 4.78 is 10.9. The van der Waals surface area contributed by atoms with Crippen molar-refractivity contribution in [1.82, 2.24) is 15.1 Å². The van der Waals surface area contributed by atoms with Crippen LogP contribution in [0.3, 0.4) is 0 Å². The number of ether oxygens (including phenoxy) is 1. The highest BCUT2D eigenvalue weighted by atomic mass is 16.5. The Bertz CT molecular complexity index is 570. The van der Waals surface area contributed by atoms with E-state index in [1.807, 2.05) is 19.2 Å².